The predicted molar refractivity (Wildman–Crippen MR) is 39.8 cm³/mol. The lowest BCUT2D eigenvalue weighted by atomic mass is 10.4. The van der Waals surface area contributed by atoms with Gasteiger partial charge in [-0.15, -0.1) is 0 Å². The van der Waals surface area contributed by atoms with Crippen molar-refractivity contribution in [1.82, 2.24) is 14.8 Å². The molecule has 0 saturated carbocycles. The molecule has 0 fully saturated rings. The van der Waals surface area contributed by atoms with Gasteiger partial charge in [0.15, 0.2) is 0 Å². The van der Waals surface area contributed by atoms with Crippen molar-refractivity contribution in [3.63, 3.8) is 0 Å². The lowest BCUT2D eigenvalue weighted by molar-refractivity contribution is 0.526. The third kappa shape index (κ3) is 1.35. The second-order valence-corrected chi connectivity index (χ2v) is 2.59. The fourth-order valence-corrected chi connectivity index (χ4v) is 0.722. The van der Waals surface area contributed by atoms with Crippen LogP contribution < -0.4 is 0 Å². The molecular weight excluding hydrogens is 126 g/mol. The Morgan fingerprint density at radius 1 is 1.60 bits per heavy atom. The van der Waals surface area contributed by atoms with E-state index in [-0.39, 0.29) is 0 Å². The summed E-state index contributed by atoms with van der Waals surface area (Å²) in [6.07, 6.45) is 2.70. The van der Waals surface area contributed by atoms with Gasteiger partial charge in [-0.3, -0.25) is 4.68 Å². The van der Waals surface area contributed by atoms with E-state index >= 15 is 0 Å². The van der Waals surface area contributed by atoms with Crippen molar-refractivity contribution < 1.29 is 0 Å². The minimum Gasteiger partial charge on any atom is -0.250 e. The summed E-state index contributed by atoms with van der Waals surface area (Å²) in [7, 11) is 0. The third-order valence-electron chi connectivity index (χ3n) is 1.40. The van der Waals surface area contributed by atoms with E-state index in [4.69, 9.17) is 0 Å². The number of aryl methyl sites for hydroxylation is 1. The summed E-state index contributed by atoms with van der Waals surface area (Å²) in [5, 5.41) is 4.23. The summed E-state index contributed by atoms with van der Waals surface area (Å²) in [4.78, 5) is 4.11. The van der Waals surface area contributed by atoms with Crippen LogP contribution in [0.1, 0.15) is 32.6 Å². The van der Waals surface area contributed by atoms with E-state index in [1.807, 2.05) is 4.68 Å². The Morgan fingerprint density at radius 2 is 2.30 bits per heavy atom. The van der Waals surface area contributed by atoms with Gasteiger partial charge in [-0.05, 0) is 13.8 Å². The molecule has 0 amide bonds. The molecular formula is C7H13N3. The van der Waals surface area contributed by atoms with E-state index in [1.54, 1.807) is 6.33 Å². The Kier molecular flexibility index (Phi) is 2.04. The quantitative estimate of drug-likeness (QED) is 0.620. The highest BCUT2D eigenvalue weighted by Gasteiger charge is 1.99. The normalized spacial score (nSPS) is 10.8. The van der Waals surface area contributed by atoms with E-state index in [0.29, 0.717) is 6.04 Å². The smallest absolute Gasteiger partial charge is 0.150 e. The highest BCUT2D eigenvalue weighted by atomic mass is 15.3. The first kappa shape index (κ1) is 7.25. The number of hydrogen-bond donors (Lipinski definition) is 0. The highest BCUT2D eigenvalue weighted by Crippen LogP contribution is 2.00. The summed E-state index contributed by atoms with van der Waals surface area (Å²) in [6, 6.07) is 0.424. The van der Waals surface area contributed by atoms with Gasteiger partial charge in [0.2, 0.25) is 0 Å². The fourth-order valence-electron chi connectivity index (χ4n) is 0.722. The van der Waals surface area contributed by atoms with Crippen molar-refractivity contribution in [2.45, 2.75) is 33.2 Å². The highest BCUT2D eigenvalue weighted by molar-refractivity contribution is 4.80. The molecule has 10 heavy (non-hydrogen) atoms. The SMILES string of the molecule is CCc1ncn(C(C)C)n1. The minimum absolute atomic E-state index is 0.424. The maximum absolute atomic E-state index is 4.23. The molecule has 0 radical (unpaired) electrons. The van der Waals surface area contributed by atoms with E-state index in [0.717, 1.165) is 12.2 Å². The maximum atomic E-state index is 4.23. The molecule has 0 bridgehead atoms. The molecule has 1 heterocycles. The van der Waals surface area contributed by atoms with Gasteiger partial charge < -0.3 is 0 Å². The van der Waals surface area contributed by atoms with Crippen LogP contribution >= 0.6 is 0 Å². The van der Waals surface area contributed by atoms with Crippen LogP contribution in [-0.4, -0.2) is 14.8 Å². The third-order valence-corrected chi connectivity index (χ3v) is 1.40. The number of rotatable bonds is 2. The van der Waals surface area contributed by atoms with Crippen LogP contribution in [0.4, 0.5) is 0 Å². The molecule has 1 aromatic rings. The second kappa shape index (κ2) is 2.82. The Bertz CT molecular complexity index is 202. The molecule has 0 aliphatic heterocycles. The Labute approximate surface area is 61.1 Å². The van der Waals surface area contributed by atoms with Gasteiger partial charge in [-0.25, -0.2) is 4.98 Å². The van der Waals surface area contributed by atoms with Gasteiger partial charge in [0.05, 0.1) is 0 Å². The first-order valence-corrected chi connectivity index (χ1v) is 3.64. The number of aromatic nitrogens is 3. The summed E-state index contributed by atoms with van der Waals surface area (Å²) < 4.78 is 1.87. The number of nitrogens with zero attached hydrogens (tertiary/aromatic N) is 3. The Morgan fingerprint density at radius 3 is 2.60 bits per heavy atom. The van der Waals surface area contributed by atoms with Crippen molar-refractivity contribution in [2.24, 2.45) is 0 Å². The van der Waals surface area contributed by atoms with Crippen molar-refractivity contribution in [3.05, 3.63) is 12.2 Å². The molecule has 3 nitrogen and oxygen atoms in total. The first-order chi connectivity index (χ1) is 4.74. The summed E-state index contributed by atoms with van der Waals surface area (Å²) >= 11 is 0. The van der Waals surface area contributed by atoms with Crippen LogP contribution in [0.15, 0.2) is 6.33 Å². The van der Waals surface area contributed by atoms with Gasteiger partial charge in [-0.2, -0.15) is 5.10 Å². The van der Waals surface area contributed by atoms with Gasteiger partial charge in [-0.1, -0.05) is 6.92 Å². The summed E-state index contributed by atoms with van der Waals surface area (Å²) in [5.41, 5.74) is 0. The molecule has 0 saturated heterocycles. The van der Waals surface area contributed by atoms with Crippen molar-refractivity contribution in [2.75, 3.05) is 0 Å². The summed E-state index contributed by atoms with van der Waals surface area (Å²) in [5.74, 6) is 0.925. The fraction of sp³-hybridized carbons (Fsp3) is 0.714. The van der Waals surface area contributed by atoms with E-state index in [1.165, 1.54) is 0 Å². The maximum Gasteiger partial charge on any atom is 0.150 e. The molecule has 0 unspecified atom stereocenters. The minimum atomic E-state index is 0.424. The largest absolute Gasteiger partial charge is 0.250 e. The topological polar surface area (TPSA) is 30.7 Å². The van der Waals surface area contributed by atoms with Crippen LogP contribution in [0.5, 0.6) is 0 Å². The van der Waals surface area contributed by atoms with Crippen LogP contribution in [0, 0.1) is 0 Å². The van der Waals surface area contributed by atoms with Gasteiger partial charge in [0.1, 0.15) is 12.2 Å². The summed E-state index contributed by atoms with van der Waals surface area (Å²) in [6.45, 7) is 6.24. The lowest BCUT2D eigenvalue weighted by Gasteiger charge is -2.01. The van der Waals surface area contributed by atoms with Crippen LogP contribution in [0.2, 0.25) is 0 Å². The molecule has 1 rings (SSSR count). The molecule has 56 valence electrons. The molecule has 1 aromatic heterocycles. The van der Waals surface area contributed by atoms with Crippen LogP contribution in [-0.2, 0) is 6.42 Å². The van der Waals surface area contributed by atoms with E-state index in [9.17, 15) is 0 Å². The van der Waals surface area contributed by atoms with Crippen molar-refractivity contribution in [1.29, 1.82) is 0 Å². The van der Waals surface area contributed by atoms with Crippen LogP contribution in [0.3, 0.4) is 0 Å². The molecule has 0 aliphatic carbocycles. The average Bonchev–Trinajstić information content (AvgIpc) is 2.34. The first-order valence-electron chi connectivity index (χ1n) is 3.64. The molecule has 0 aromatic carbocycles. The van der Waals surface area contributed by atoms with Gasteiger partial charge >= 0.3 is 0 Å². The number of hydrogen-bond acceptors (Lipinski definition) is 2. The molecule has 3 heteroatoms. The standard InChI is InChI=1S/C7H13N3/c1-4-7-8-5-10(9-7)6(2)3/h5-6H,4H2,1-3H3. The Hall–Kier alpha value is -0.860. The average molecular weight is 139 g/mol. The molecule has 0 N–H and O–H groups in total. The van der Waals surface area contributed by atoms with Crippen molar-refractivity contribution in [3.8, 4) is 0 Å². The van der Waals surface area contributed by atoms with Gasteiger partial charge in [0, 0.05) is 12.5 Å². The lowest BCUT2D eigenvalue weighted by Crippen LogP contribution is -2.01. The predicted octanol–water partition coefficient (Wildman–Crippen LogP) is 1.42. The molecule has 0 atom stereocenters. The zero-order valence-corrected chi connectivity index (χ0v) is 6.70. The van der Waals surface area contributed by atoms with Crippen LogP contribution in [0.25, 0.3) is 0 Å². The monoisotopic (exact) mass is 139 g/mol. The molecule has 0 spiro atoms. The second-order valence-electron chi connectivity index (χ2n) is 2.59. The van der Waals surface area contributed by atoms with E-state index < -0.39 is 0 Å². The van der Waals surface area contributed by atoms with E-state index in [2.05, 4.69) is 30.9 Å². The zero-order chi connectivity index (χ0) is 7.56. The Balaban J connectivity index is 2.78. The van der Waals surface area contributed by atoms with Gasteiger partial charge in [0.25, 0.3) is 0 Å². The zero-order valence-electron chi connectivity index (χ0n) is 6.70. The van der Waals surface area contributed by atoms with Crippen molar-refractivity contribution >= 4 is 0 Å². The molecule has 0 aliphatic rings.